The van der Waals surface area contributed by atoms with Gasteiger partial charge in [0.25, 0.3) is 0 Å². The number of nitrogens with one attached hydrogen (secondary N) is 4. The van der Waals surface area contributed by atoms with Crippen LogP contribution < -0.4 is 21.3 Å². The third-order valence-electron chi connectivity index (χ3n) is 9.49. The fourth-order valence-corrected chi connectivity index (χ4v) is 7.66. The number of hydrogen-bond acceptors (Lipinski definition) is 2. The molecule has 2 unspecified atom stereocenters. The van der Waals surface area contributed by atoms with E-state index in [0.717, 1.165) is 51.4 Å². The van der Waals surface area contributed by atoms with E-state index in [1.54, 1.807) is 0 Å². The Labute approximate surface area is 260 Å². The van der Waals surface area contributed by atoms with E-state index in [-0.39, 0.29) is 31.6 Å². The predicted octanol–water partition coefficient (Wildman–Crippen LogP) is 6.72. The molecule has 8 bridgehead atoms. The van der Waals surface area contributed by atoms with E-state index in [9.17, 15) is 0 Å². The molecule has 1 radical (unpaired) electrons. The summed E-state index contributed by atoms with van der Waals surface area (Å²) in [6.45, 7) is 18.4. The SMILES string of the molecule is CCC1=C(CC)C2/C=c3\[nH]/c(c(CC)c3CC)=C\C3N/C(=C\c4[nH]c(c(CC)c4CC)/C=C/1N2)C(CC)=C3CC.[Rh]. The van der Waals surface area contributed by atoms with Gasteiger partial charge in [0.1, 0.15) is 0 Å². The van der Waals surface area contributed by atoms with Crippen LogP contribution in [0.25, 0.3) is 24.3 Å². The minimum absolute atomic E-state index is 0. The molecule has 0 saturated carbocycles. The Kier molecular flexibility index (Phi) is 10.1. The molecule has 4 N–H and O–H groups in total. The largest absolute Gasteiger partial charge is 0.375 e. The summed E-state index contributed by atoms with van der Waals surface area (Å²) in [5, 5.41) is 10.5. The number of H-pyrrole nitrogens is 2. The first-order valence-corrected chi connectivity index (χ1v) is 16.0. The molecule has 5 heterocycles. The molecule has 0 amide bonds. The average molecular weight is 642 g/mol. The first kappa shape index (κ1) is 31.4. The zero-order chi connectivity index (χ0) is 28.6. The number of rotatable bonds is 8. The zero-order valence-corrected chi connectivity index (χ0v) is 28.1. The van der Waals surface area contributed by atoms with Gasteiger partial charge in [-0.15, -0.1) is 0 Å². The fraction of sp³-hybridized carbons (Fsp3) is 0.500. The third-order valence-corrected chi connectivity index (χ3v) is 9.49. The van der Waals surface area contributed by atoms with Crippen molar-refractivity contribution in [2.45, 2.75) is 119 Å². The average Bonchev–Trinajstić information content (AvgIpc) is 3.67. The van der Waals surface area contributed by atoms with Crippen LogP contribution in [0.5, 0.6) is 0 Å². The second-order valence-electron chi connectivity index (χ2n) is 11.3. The zero-order valence-electron chi connectivity index (χ0n) is 26.5. The van der Waals surface area contributed by atoms with Crippen molar-refractivity contribution in [1.29, 1.82) is 0 Å². The van der Waals surface area contributed by atoms with Crippen molar-refractivity contribution in [3.8, 4) is 0 Å². The van der Waals surface area contributed by atoms with Gasteiger partial charge in [-0.1, -0.05) is 55.4 Å². The van der Waals surface area contributed by atoms with Crippen LogP contribution in [-0.4, -0.2) is 22.1 Å². The number of aromatic amines is 2. The van der Waals surface area contributed by atoms with E-state index in [1.807, 2.05) is 0 Å². The topological polar surface area (TPSA) is 55.6 Å². The number of fused-ring (bicyclic) bond motifs is 8. The van der Waals surface area contributed by atoms with E-state index in [4.69, 9.17) is 0 Å². The smallest absolute Gasteiger partial charge is 0.0687 e. The van der Waals surface area contributed by atoms with Gasteiger partial charge in [0.15, 0.2) is 0 Å². The molecule has 0 aliphatic carbocycles. The summed E-state index contributed by atoms with van der Waals surface area (Å²) in [5.41, 5.74) is 16.9. The maximum Gasteiger partial charge on any atom is 0.0687 e. The molecule has 3 aliphatic heterocycles. The summed E-state index contributed by atoms with van der Waals surface area (Å²) in [5.74, 6) is 0. The van der Waals surface area contributed by atoms with Gasteiger partial charge in [-0.25, -0.2) is 0 Å². The minimum atomic E-state index is 0. The number of aromatic nitrogens is 2. The Morgan fingerprint density at radius 3 is 1.20 bits per heavy atom. The molecule has 2 aromatic heterocycles. The van der Waals surface area contributed by atoms with Crippen molar-refractivity contribution >= 4 is 24.3 Å². The Morgan fingerprint density at radius 1 is 0.488 bits per heavy atom. The molecule has 0 fully saturated rings. The number of allylic oxidation sites excluding steroid dienone is 2. The molecule has 0 aromatic carbocycles. The van der Waals surface area contributed by atoms with Gasteiger partial charge in [-0.3, -0.25) is 0 Å². The molecule has 2 aromatic rings. The maximum atomic E-state index is 3.96. The summed E-state index contributed by atoms with van der Waals surface area (Å²) in [4.78, 5) is 7.80. The molecule has 5 rings (SSSR count). The fourth-order valence-electron chi connectivity index (χ4n) is 7.66. The van der Waals surface area contributed by atoms with Gasteiger partial charge in [0, 0.05) is 53.0 Å². The van der Waals surface area contributed by atoms with Gasteiger partial charge >= 0.3 is 0 Å². The molecule has 41 heavy (non-hydrogen) atoms. The van der Waals surface area contributed by atoms with E-state index in [1.165, 1.54) is 78.0 Å². The van der Waals surface area contributed by atoms with E-state index >= 15 is 0 Å². The number of hydrogen-bond donors (Lipinski definition) is 4. The van der Waals surface area contributed by atoms with Crippen LogP contribution in [0.3, 0.4) is 0 Å². The second-order valence-corrected chi connectivity index (χ2v) is 11.3. The van der Waals surface area contributed by atoms with Crippen LogP contribution in [-0.2, 0) is 45.2 Å². The molecule has 0 saturated heterocycles. The molecular formula is C36H50N4Rh. The van der Waals surface area contributed by atoms with Crippen molar-refractivity contribution in [3.05, 3.63) is 78.0 Å². The minimum Gasteiger partial charge on any atom is -0.375 e. The van der Waals surface area contributed by atoms with Crippen molar-refractivity contribution in [2.24, 2.45) is 0 Å². The third kappa shape index (κ3) is 5.40. The van der Waals surface area contributed by atoms with E-state index < -0.39 is 0 Å². The van der Waals surface area contributed by atoms with Crippen LogP contribution in [0.1, 0.15) is 115 Å². The predicted molar refractivity (Wildman–Crippen MR) is 172 cm³/mol. The monoisotopic (exact) mass is 641 g/mol. The van der Waals surface area contributed by atoms with Crippen molar-refractivity contribution in [3.63, 3.8) is 0 Å². The summed E-state index contributed by atoms with van der Waals surface area (Å²) < 4.78 is 0. The van der Waals surface area contributed by atoms with E-state index in [0.29, 0.717) is 0 Å². The summed E-state index contributed by atoms with van der Waals surface area (Å²) in [6, 6.07) is 0.416. The van der Waals surface area contributed by atoms with Gasteiger partial charge < -0.3 is 20.6 Å². The quantitative estimate of drug-likeness (QED) is 0.242. The first-order valence-electron chi connectivity index (χ1n) is 16.0. The molecule has 5 heteroatoms. The summed E-state index contributed by atoms with van der Waals surface area (Å²) in [7, 11) is 0. The van der Waals surface area contributed by atoms with Gasteiger partial charge in [0.2, 0.25) is 0 Å². The Balaban J connectivity index is 0.00000387. The van der Waals surface area contributed by atoms with Crippen LogP contribution in [0.4, 0.5) is 0 Å². The van der Waals surface area contributed by atoms with Crippen molar-refractivity contribution in [1.82, 2.24) is 20.6 Å². The molecule has 3 aliphatic rings. The molecule has 223 valence electrons. The second kappa shape index (κ2) is 13.2. The van der Waals surface area contributed by atoms with Crippen molar-refractivity contribution < 1.29 is 19.5 Å². The molecule has 2 atom stereocenters. The summed E-state index contributed by atoms with van der Waals surface area (Å²) in [6.07, 6.45) is 18.0. The van der Waals surface area contributed by atoms with Crippen LogP contribution >= 0.6 is 0 Å². The van der Waals surface area contributed by atoms with Crippen molar-refractivity contribution in [2.75, 3.05) is 0 Å². The Bertz CT molecular complexity index is 1430. The maximum absolute atomic E-state index is 3.96. The Morgan fingerprint density at radius 2 is 0.878 bits per heavy atom. The normalized spacial score (nSPS) is 23.9. The van der Waals surface area contributed by atoms with E-state index in [2.05, 4.69) is 100 Å². The molecule has 0 spiro atoms. The Hall–Kier alpha value is -2.52. The van der Waals surface area contributed by atoms with Crippen LogP contribution in [0, 0.1) is 0 Å². The molecule has 4 nitrogen and oxygen atoms in total. The van der Waals surface area contributed by atoms with Crippen LogP contribution in [0.15, 0.2) is 33.7 Å². The molecular weight excluding hydrogens is 591 g/mol. The summed E-state index contributed by atoms with van der Waals surface area (Å²) >= 11 is 0. The van der Waals surface area contributed by atoms with Gasteiger partial charge in [-0.2, -0.15) is 0 Å². The standard InChI is InChI=1S/C36H50N4.Rh/c1-9-21-22(10-2)30-18-32-25(13-5)26(14-6)34(39-32)20-36-28(16-8)27(15-7)35(40-36)19-33-24(12-4)23(11-3)31(38-33)17-29(21)37-30;/h17-20,29,35,37-40H,9-16H2,1-8H3;/b30-18-,31-17-,33-19-,36-20-;. The van der Waals surface area contributed by atoms with Crippen LogP contribution in [0.2, 0.25) is 0 Å². The van der Waals surface area contributed by atoms with Gasteiger partial charge in [0.05, 0.1) is 12.1 Å². The van der Waals surface area contributed by atoms with Gasteiger partial charge in [-0.05, 0) is 120 Å². The first-order chi connectivity index (χ1) is 19.5.